The zero-order chi connectivity index (χ0) is 17.0. The summed E-state index contributed by atoms with van der Waals surface area (Å²) >= 11 is 0. The molecule has 0 aliphatic rings. The molecule has 2 rings (SSSR count). The van der Waals surface area contributed by atoms with Crippen molar-refractivity contribution < 1.29 is 22.8 Å². The van der Waals surface area contributed by atoms with Gasteiger partial charge in [-0.25, -0.2) is 13.2 Å². The van der Waals surface area contributed by atoms with E-state index >= 15 is 0 Å². The summed E-state index contributed by atoms with van der Waals surface area (Å²) in [5, 5.41) is 2.42. The normalized spacial score (nSPS) is 10.3. The third kappa shape index (κ3) is 4.57. The van der Waals surface area contributed by atoms with Crippen LogP contribution >= 0.6 is 0 Å². The molecular weight excluding hydrogens is 309 g/mol. The Morgan fingerprint density at radius 2 is 1.65 bits per heavy atom. The van der Waals surface area contributed by atoms with Crippen LogP contribution in [0.1, 0.15) is 10.4 Å². The van der Waals surface area contributed by atoms with Gasteiger partial charge >= 0.3 is 0 Å². The number of rotatable bonds is 4. The maximum Gasteiger partial charge on any atom is 0.254 e. The molecule has 0 aliphatic heterocycles. The summed E-state index contributed by atoms with van der Waals surface area (Å²) in [5.74, 6) is -3.56. The minimum Gasteiger partial charge on any atom is -0.332 e. The number of anilines is 1. The molecule has 0 aliphatic carbocycles. The zero-order valence-corrected chi connectivity index (χ0v) is 12.1. The van der Waals surface area contributed by atoms with E-state index in [0.29, 0.717) is 6.07 Å². The van der Waals surface area contributed by atoms with Crippen molar-refractivity contribution in [1.82, 2.24) is 4.90 Å². The monoisotopic (exact) mass is 322 g/mol. The quantitative estimate of drug-likeness (QED) is 0.941. The fraction of sp³-hybridized carbons (Fsp3) is 0.125. The lowest BCUT2D eigenvalue weighted by Crippen LogP contribution is -2.35. The van der Waals surface area contributed by atoms with Crippen molar-refractivity contribution in [2.45, 2.75) is 0 Å². The number of carbonyl (C=O) groups excluding carboxylic acids is 2. The molecule has 120 valence electrons. The van der Waals surface area contributed by atoms with Gasteiger partial charge in [-0.3, -0.25) is 9.59 Å². The molecule has 0 bridgehead atoms. The van der Waals surface area contributed by atoms with Crippen molar-refractivity contribution in [2.24, 2.45) is 0 Å². The number of benzene rings is 2. The van der Waals surface area contributed by atoms with Crippen LogP contribution in [0.25, 0.3) is 0 Å². The second-order valence-electron chi connectivity index (χ2n) is 4.88. The van der Waals surface area contributed by atoms with E-state index < -0.39 is 29.3 Å². The van der Waals surface area contributed by atoms with E-state index in [0.717, 1.165) is 23.1 Å². The van der Waals surface area contributed by atoms with Gasteiger partial charge in [0.25, 0.3) is 5.91 Å². The van der Waals surface area contributed by atoms with Crippen molar-refractivity contribution in [1.29, 1.82) is 0 Å². The molecule has 2 aromatic rings. The van der Waals surface area contributed by atoms with Gasteiger partial charge in [0.2, 0.25) is 5.91 Å². The van der Waals surface area contributed by atoms with Crippen molar-refractivity contribution in [2.75, 3.05) is 18.9 Å². The Balaban J connectivity index is 2.01. The Labute approximate surface area is 130 Å². The highest BCUT2D eigenvalue weighted by molar-refractivity contribution is 5.99. The van der Waals surface area contributed by atoms with Crippen molar-refractivity contribution in [3.63, 3.8) is 0 Å². The lowest BCUT2D eigenvalue weighted by Gasteiger charge is -2.17. The Morgan fingerprint density at radius 3 is 2.26 bits per heavy atom. The van der Waals surface area contributed by atoms with Crippen LogP contribution in [0.3, 0.4) is 0 Å². The molecule has 2 aromatic carbocycles. The van der Waals surface area contributed by atoms with Gasteiger partial charge < -0.3 is 10.2 Å². The predicted molar refractivity (Wildman–Crippen MR) is 78.3 cm³/mol. The third-order valence-electron chi connectivity index (χ3n) is 2.95. The maximum atomic E-state index is 13.1. The first-order valence-corrected chi connectivity index (χ1v) is 6.62. The Bertz CT molecular complexity index is 730. The zero-order valence-electron chi connectivity index (χ0n) is 12.1. The fourth-order valence-corrected chi connectivity index (χ4v) is 1.95. The fourth-order valence-electron chi connectivity index (χ4n) is 1.95. The highest BCUT2D eigenvalue weighted by Gasteiger charge is 2.16. The van der Waals surface area contributed by atoms with Gasteiger partial charge in [0.15, 0.2) is 0 Å². The lowest BCUT2D eigenvalue weighted by molar-refractivity contribution is -0.116. The summed E-state index contributed by atoms with van der Waals surface area (Å²) in [4.78, 5) is 24.9. The first-order chi connectivity index (χ1) is 10.8. The number of likely N-dealkylation sites (N-methyl/N-ethyl adjacent to an activating group) is 1. The maximum absolute atomic E-state index is 13.1. The average molecular weight is 322 g/mol. The van der Waals surface area contributed by atoms with Gasteiger partial charge in [0.1, 0.15) is 17.5 Å². The first-order valence-electron chi connectivity index (χ1n) is 6.62. The highest BCUT2D eigenvalue weighted by Crippen LogP contribution is 2.11. The molecule has 0 saturated carbocycles. The summed E-state index contributed by atoms with van der Waals surface area (Å²) in [6, 6.07) is 7.68. The molecule has 0 spiro atoms. The topological polar surface area (TPSA) is 49.4 Å². The highest BCUT2D eigenvalue weighted by atomic mass is 19.1. The number of carbonyl (C=O) groups is 2. The van der Waals surface area contributed by atoms with Gasteiger partial charge in [0.05, 0.1) is 6.54 Å². The molecule has 0 unspecified atom stereocenters. The Morgan fingerprint density at radius 1 is 1.00 bits per heavy atom. The summed E-state index contributed by atoms with van der Waals surface area (Å²) in [6.07, 6.45) is 0. The number of nitrogens with one attached hydrogen (secondary N) is 1. The third-order valence-corrected chi connectivity index (χ3v) is 2.95. The molecule has 1 N–H and O–H groups in total. The minimum absolute atomic E-state index is 0.205. The van der Waals surface area contributed by atoms with Gasteiger partial charge in [-0.1, -0.05) is 6.07 Å². The second-order valence-corrected chi connectivity index (χ2v) is 4.88. The number of hydrogen-bond donors (Lipinski definition) is 1. The molecule has 0 heterocycles. The van der Waals surface area contributed by atoms with Gasteiger partial charge in [-0.05, 0) is 30.3 Å². The molecule has 0 saturated heterocycles. The summed E-state index contributed by atoms with van der Waals surface area (Å²) < 4.78 is 39.2. The Kier molecular flexibility index (Phi) is 5.00. The second kappa shape index (κ2) is 6.95. The van der Waals surface area contributed by atoms with E-state index in [1.165, 1.54) is 25.2 Å². The van der Waals surface area contributed by atoms with Crippen LogP contribution in [0.15, 0.2) is 42.5 Å². The van der Waals surface area contributed by atoms with Gasteiger partial charge in [-0.15, -0.1) is 0 Å². The van der Waals surface area contributed by atoms with E-state index in [2.05, 4.69) is 5.32 Å². The number of hydrogen-bond acceptors (Lipinski definition) is 2. The smallest absolute Gasteiger partial charge is 0.254 e. The molecule has 23 heavy (non-hydrogen) atoms. The molecule has 0 aromatic heterocycles. The summed E-state index contributed by atoms with van der Waals surface area (Å²) in [6.45, 7) is -0.354. The van der Waals surface area contributed by atoms with E-state index in [-0.39, 0.29) is 17.8 Å². The molecule has 7 heteroatoms. The average Bonchev–Trinajstić information content (AvgIpc) is 2.45. The molecular formula is C16H13F3N2O2. The van der Waals surface area contributed by atoms with E-state index in [1.54, 1.807) is 0 Å². The first kappa shape index (κ1) is 16.5. The van der Waals surface area contributed by atoms with E-state index in [9.17, 15) is 22.8 Å². The van der Waals surface area contributed by atoms with Crippen LogP contribution in [-0.4, -0.2) is 30.3 Å². The van der Waals surface area contributed by atoms with E-state index in [1.807, 2.05) is 0 Å². The minimum atomic E-state index is -0.883. The lowest BCUT2D eigenvalue weighted by atomic mass is 10.2. The summed E-state index contributed by atoms with van der Waals surface area (Å²) in [7, 11) is 1.32. The molecule has 0 radical (unpaired) electrons. The van der Waals surface area contributed by atoms with Gasteiger partial charge in [0, 0.05) is 24.4 Å². The van der Waals surface area contributed by atoms with Gasteiger partial charge in [-0.2, -0.15) is 0 Å². The molecule has 2 amide bonds. The van der Waals surface area contributed by atoms with Crippen LogP contribution in [-0.2, 0) is 4.79 Å². The van der Waals surface area contributed by atoms with Crippen molar-refractivity contribution in [3.05, 3.63) is 65.5 Å². The van der Waals surface area contributed by atoms with Crippen LogP contribution < -0.4 is 5.32 Å². The molecule has 0 atom stereocenters. The van der Waals surface area contributed by atoms with Crippen molar-refractivity contribution in [3.8, 4) is 0 Å². The SMILES string of the molecule is CN(CC(=O)Nc1cccc(F)c1)C(=O)c1cc(F)cc(F)c1. The standard InChI is InChI=1S/C16H13F3N2O2/c1-21(16(23)10-5-12(18)7-13(19)6-10)9-15(22)20-14-4-2-3-11(17)8-14/h2-8H,9H2,1H3,(H,20,22). The predicted octanol–water partition coefficient (Wildman–Crippen LogP) is 2.81. The van der Waals surface area contributed by atoms with Crippen LogP contribution in [0, 0.1) is 17.5 Å². The number of nitrogens with zero attached hydrogens (tertiary/aromatic N) is 1. The van der Waals surface area contributed by atoms with Crippen LogP contribution in [0.4, 0.5) is 18.9 Å². The Hall–Kier alpha value is -2.83. The van der Waals surface area contributed by atoms with Crippen LogP contribution in [0.2, 0.25) is 0 Å². The van der Waals surface area contributed by atoms with Crippen LogP contribution in [0.5, 0.6) is 0 Å². The summed E-state index contributed by atoms with van der Waals surface area (Å²) in [5.41, 5.74) is 0.0382. The largest absolute Gasteiger partial charge is 0.332 e. The number of halogens is 3. The van der Waals surface area contributed by atoms with Crippen molar-refractivity contribution >= 4 is 17.5 Å². The number of amides is 2. The van der Waals surface area contributed by atoms with E-state index in [4.69, 9.17) is 0 Å². The molecule has 4 nitrogen and oxygen atoms in total. The molecule has 0 fully saturated rings.